The molecule has 5 nitrogen and oxygen atoms in total. The summed E-state index contributed by atoms with van der Waals surface area (Å²) >= 11 is 0. The molecule has 1 aliphatic carbocycles. The number of carbonyl (C=O) groups is 1. The van der Waals surface area contributed by atoms with Crippen LogP contribution in [0.4, 0.5) is 4.79 Å². The third kappa shape index (κ3) is 5.37. The molecule has 1 rings (SSSR count). The van der Waals surface area contributed by atoms with Gasteiger partial charge in [-0.15, -0.1) is 0 Å². The molecule has 1 aliphatic rings. The largest absolute Gasteiger partial charge is 0.444 e. The fraction of sp³-hybridized carbons (Fsp3) is 0.929. The number of nitrogens with two attached hydrogens (primary N) is 1. The van der Waals surface area contributed by atoms with E-state index in [0.29, 0.717) is 12.3 Å². The number of carbonyl (C=O) groups excluding carboxylic acids is 1. The topological polar surface area (TPSA) is 92.8 Å². The Morgan fingerprint density at radius 3 is 2.26 bits per heavy atom. The fourth-order valence-electron chi connectivity index (χ4n) is 2.77. The standard InChI is InChI=1S/C14H27NO4/c1-9(2)12(16)13(17)11(19-14(15)18)8-10-6-4-3-5-7-10/h9-13,16-17H,3-8H2,1-2H3,(H2,15,18). The zero-order valence-corrected chi connectivity index (χ0v) is 11.9. The van der Waals surface area contributed by atoms with Gasteiger partial charge in [-0.1, -0.05) is 46.0 Å². The smallest absolute Gasteiger partial charge is 0.404 e. The van der Waals surface area contributed by atoms with Crippen molar-refractivity contribution in [2.75, 3.05) is 0 Å². The second kappa shape index (κ2) is 7.70. The van der Waals surface area contributed by atoms with Crippen molar-refractivity contribution < 1.29 is 19.7 Å². The predicted molar refractivity (Wildman–Crippen MR) is 72.5 cm³/mol. The van der Waals surface area contributed by atoms with Crippen LogP contribution in [-0.4, -0.2) is 34.6 Å². The molecule has 1 fully saturated rings. The SMILES string of the molecule is CC(C)C(O)C(O)C(CC1CCCCC1)OC(N)=O. The Morgan fingerprint density at radius 1 is 1.21 bits per heavy atom. The van der Waals surface area contributed by atoms with Crippen LogP contribution in [0.15, 0.2) is 0 Å². The summed E-state index contributed by atoms with van der Waals surface area (Å²) in [5, 5.41) is 20.1. The average Bonchev–Trinajstić information content (AvgIpc) is 2.36. The van der Waals surface area contributed by atoms with Crippen molar-refractivity contribution in [2.24, 2.45) is 17.6 Å². The molecule has 112 valence electrons. The molecule has 0 aliphatic heterocycles. The van der Waals surface area contributed by atoms with Crippen molar-refractivity contribution in [2.45, 2.75) is 70.7 Å². The molecule has 0 aromatic heterocycles. The molecule has 0 aromatic carbocycles. The number of ether oxygens (including phenoxy) is 1. The lowest BCUT2D eigenvalue weighted by atomic mass is 9.83. The lowest BCUT2D eigenvalue weighted by Gasteiger charge is -2.32. The van der Waals surface area contributed by atoms with E-state index in [9.17, 15) is 15.0 Å². The van der Waals surface area contributed by atoms with Crippen molar-refractivity contribution >= 4 is 6.09 Å². The third-order valence-corrected chi connectivity index (χ3v) is 3.97. The first-order valence-corrected chi connectivity index (χ1v) is 7.24. The molecule has 0 saturated heterocycles. The van der Waals surface area contributed by atoms with Gasteiger partial charge in [0.05, 0.1) is 6.10 Å². The Kier molecular flexibility index (Phi) is 6.58. The molecule has 0 bridgehead atoms. The van der Waals surface area contributed by atoms with E-state index in [1.807, 2.05) is 13.8 Å². The summed E-state index contributed by atoms with van der Waals surface area (Å²) < 4.78 is 5.02. The molecule has 19 heavy (non-hydrogen) atoms. The van der Waals surface area contributed by atoms with Gasteiger partial charge in [0.1, 0.15) is 12.2 Å². The van der Waals surface area contributed by atoms with E-state index in [4.69, 9.17) is 10.5 Å². The lowest BCUT2D eigenvalue weighted by molar-refractivity contribution is -0.0851. The molecule has 1 amide bonds. The highest BCUT2D eigenvalue weighted by molar-refractivity contribution is 5.64. The van der Waals surface area contributed by atoms with Crippen LogP contribution in [-0.2, 0) is 4.74 Å². The third-order valence-electron chi connectivity index (χ3n) is 3.97. The second-order valence-corrected chi connectivity index (χ2v) is 5.94. The number of aliphatic hydroxyl groups excluding tert-OH is 2. The van der Waals surface area contributed by atoms with Gasteiger partial charge in [-0.25, -0.2) is 4.79 Å². The van der Waals surface area contributed by atoms with Gasteiger partial charge < -0.3 is 20.7 Å². The van der Waals surface area contributed by atoms with Gasteiger partial charge in [-0.3, -0.25) is 0 Å². The van der Waals surface area contributed by atoms with Gasteiger partial charge in [0.2, 0.25) is 0 Å². The van der Waals surface area contributed by atoms with Gasteiger partial charge in [0, 0.05) is 0 Å². The Hall–Kier alpha value is -0.810. The van der Waals surface area contributed by atoms with Crippen molar-refractivity contribution in [3.05, 3.63) is 0 Å². The van der Waals surface area contributed by atoms with E-state index in [1.165, 1.54) is 19.3 Å². The van der Waals surface area contributed by atoms with Crippen LogP contribution in [0.3, 0.4) is 0 Å². The number of aliphatic hydroxyl groups is 2. The minimum absolute atomic E-state index is 0.0969. The summed E-state index contributed by atoms with van der Waals surface area (Å²) in [6.07, 6.45) is 2.76. The van der Waals surface area contributed by atoms with Crippen LogP contribution in [0.25, 0.3) is 0 Å². The Bertz CT molecular complexity index is 277. The zero-order chi connectivity index (χ0) is 14.4. The van der Waals surface area contributed by atoms with E-state index in [2.05, 4.69) is 0 Å². The first-order valence-electron chi connectivity index (χ1n) is 7.24. The number of amides is 1. The highest BCUT2D eigenvalue weighted by Gasteiger charge is 2.33. The molecule has 1 saturated carbocycles. The van der Waals surface area contributed by atoms with E-state index >= 15 is 0 Å². The predicted octanol–water partition coefficient (Wildman–Crippen LogP) is 1.80. The van der Waals surface area contributed by atoms with Crippen molar-refractivity contribution in [3.8, 4) is 0 Å². The molecule has 0 spiro atoms. The van der Waals surface area contributed by atoms with Gasteiger partial charge in [0.25, 0.3) is 0 Å². The van der Waals surface area contributed by atoms with Crippen LogP contribution < -0.4 is 5.73 Å². The Labute approximate surface area is 115 Å². The molecular formula is C14H27NO4. The quantitative estimate of drug-likeness (QED) is 0.688. The highest BCUT2D eigenvalue weighted by Crippen LogP contribution is 2.29. The number of primary amides is 1. The van der Waals surface area contributed by atoms with E-state index in [0.717, 1.165) is 12.8 Å². The molecule has 0 heterocycles. The maximum atomic E-state index is 11.0. The fourth-order valence-corrected chi connectivity index (χ4v) is 2.77. The highest BCUT2D eigenvalue weighted by atomic mass is 16.6. The summed E-state index contributed by atoms with van der Waals surface area (Å²) in [5.41, 5.74) is 5.06. The molecular weight excluding hydrogens is 246 g/mol. The van der Waals surface area contributed by atoms with E-state index in [1.54, 1.807) is 0 Å². The van der Waals surface area contributed by atoms with Crippen LogP contribution in [0.2, 0.25) is 0 Å². The molecule has 3 unspecified atom stereocenters. The minimum Gasteiger partial charge on any atom is -0.444 e. The normalized spacial score (nSPS) is 21.9. The number of hydrogen-bond donors (Lipinski definition) is 3. The minimum atomic E-state index is -1.07. The van der Waals surface area contributed by atoms with Gasteiger partial charge >= 0.3 is 6.09 Å². The maximum absolute atomic E-state index is 11.0. The summed E-state index contributed by atoms with van der Waals surface area (Å²) in [5.74, 6) is 0.340. The summed E-state index contributed by atoms with van der Waals surface area (Å²) in [6, 6.07) is 0. The number of rotatable bonds is 6. The monoisotopic (exact) mass is 273 g/mol. The molecule has 4 N–H and O–H groups in total. The van der Waals surface area contributed by atoms with Crippen molar-refractivity contribution in [1.82, 2.24) is 0 Å². The van der Waals surface area contributed by atoms with Crippen LogP contribution in [0, 0.1) is 11.8 Å². The first-order chi connectivity index (χ1) is 8.91. The van der Waals surface area contributed by atoms with Gasteiger partial charge in [0.15, 0.2) is 0 Å². The summed E-state index contributed by atoms with van der Waals surface area (Å²) in [6.45, 7) is 3.63. The van der Waals surface area contributed by atoms with Crippen molar-refractivity contribution in [1.29, 1.82) is 0 Å². The van der Waals surface area contributed by atoms with Crippen molar-refractivity contribution in [3.63, 3.8) is 0 Å². The van der Waals surface area contributed by atoms with E-state index < -0.39 is 24.4 Å². The van der Waals surface area contributed by atoms with Gasteiger partial charge in [-0.05, 0) is 18.3 Å². The molecule has 3 atom stereocenters. The average molecular weight is 273 g/mol. The molecule has 5 heteroatoms. The van der Waals surface area contributed by atoms with E-state index in [-0.39, 0.29) is 5.92 Å². The molecule has 0 radical (unpaired) electrons. The number of hydrogen-bond acceptors (Lipinski definition) is 4. The second-order valence-electron chi connectivity index (χ2n) is 5.94. The zero-order valence-electron chi connectivity index (χ0n) is 11.9. The van der Waals surface area contributed by atoms with Crippen LogP contribution in [0.1, 0.15) is 52.4 Å². The van der Waals surface area contributed by atoms with Crippen LogP contribution in [0.5, 0.6) is 0 Å². The maximum Gasteiger partial charge on any atom is 0.404 e. The Morgan fingerprint density at radius 2 is 1.79 bits per heavy atom. The van der Waals surface area contributed by atoms with Gasteiger partial charge in [-0.2, -0.15) is 0 Å². The lowest BCUT2D eigenvalue weighted by Crippen LogP contribution is -2.44. The van der Waals surface area contributed by atoms with Crippen LogP contribution >= 0.6 is 0 Å². The first kappa shape index (κ1) is 16.2. The summed E-state index contributed by atoms with van der Waals surface area (Å²) in [7, 11) is 0. The summed E-state index contributed by atoms with van der Waals surface area (Å²) in [4.78, 5) is 11.0. The Balaban J connectivity index is 2.61. The molecule has 0 aromatic rings.